The number of hydrogen-bond donors (Lipinski definition) is 1. The van der Waals surface area contributed by atoms with Crippen molar-refractivity contribution in [2.24, 2.45) is 5.73 Å². The average Bonchev–Trinajstić information content (AvgIpc) is 2.17. The number of hydrogen-bond acceptors (Lipinski definition) is 2. The van der Waals surface area contributed by atoms with E-state index in [1.807, 2.05) is 18.9 Å². The van der Waals surface area contributed by atoms with Gasteiger partial charge in [0.05, 0.1) is 0 Å². The largest absolute Gasteiger partial charge is 0.343 e. The van der Waals surface area contributed by atoms with E-state index >= 15 is 0 Å². The number of carbonyl (C=O) groups is 1. The first kappa shape index (κ1) is 11.5. The monoisotopic (exact) mass is 198 g/mol. The summed E-state index contributed by atoms with van der Waals surface area (Å²) in [6, 6.07) is 0.448. The Bertz CT molecular complexity index is 186. The van der Waals surface area contributed by atoms with Crippen LogP contribution in [0, 0.1) is 0 Å². The van der Waals surface area contributed by atoms with E-state index < -0.39 is 0 Å². The molecule has 3 heteroatoms. The van der Waals surface area contributed by atoms with Crippen molar-refractivity contribution in [3.8, 4) is 0 Å². The molecule has 0 aromatic rings. The van der Waals surface area contributed by atoms with E-state index in [1.54, 1.807) is 0 Å². The molecule has 1 atom stereocenters. The Balaban J connectivity index is 2.38. The van der Waals surface area contributed by atoms with Crippen LogP contribution in [0.1, 0.15) is 45.4 Å². The van der Waals surface area contributed by atoms with Crippen molar-refractivity contribution in [1.29, 1.82) is 0 Å². The molecule has 1 aliphatic carbocycles. The molecule has 0 spiro atoms. The zero-order valence-corrected chi connectivity index (χ0v) is 9.33. The van der Waals surface area contributed by atoms with Gasteiger partial charge in [-0.25, -0.2) is 0 Å². The predicted molar refractivity (Wildman–Crippen MR) is 57.9 cm³/mol. The summed E-state index contributed by atoms with van der Waals surface area (Å²) >= 11 is 0. The second-order valence-electron chi connectivity index (χ2n) is 4.48. The van der Waals surface area contributed by atoms with Crippen molar-refractivity contribution in [2.45, 2.75) is 57.5 Å². The third kappa shape index (κ3) is 3.29. The van der Waals surface area contributed by atoms with Crippen molar-refractivity contribution < 1.29 is 4.79 Å². The molecule has 2 N–H and O–H groups in total. The second kappa shape index (κ2) is 5.35. The molecule has 1 unspecified atom stereocenters. The summed E-state index contributed by atoms with van der Waals surface area (Å²) in [6.07, 6.45) is 6.67. The first-order chi connectivity index (χ1) is 6.61. The summed E-state index contributed by atoms with van der Waals surface area (Å²) in [5.41, 5.74) is 5.61. The third-order valence-corrected chi connectivity index (χ3v) is 3.01. The van der Waals surface area contributed by atoms with Crippen LogP contribution < -0.4 is 5.73 Å². The van der Waals surface area contributed by atoms with Gasteiger partial charge in [-0.15, -0.1) is 0 Å². The molecule has 1 aliphatic rings. The van der Waals surface area contributed by atoms with Crippen LogP contribution in [0.3, 0.4) is 0 Å². The van der Waals surface area contributed by atoms with Crippen molar-refractivity contribution in [3.05, 3.63) is 0 Å². The average molecular weight is 198 g/mol. The molecular weight excluding hydrogens is 176 g/mol. The standard InChI is InChI=1S/C11H22N2O/c1-9(12)8-11(14)13(2)10-6-4-3-5-7-10/h9-10H,3-8,12H2,1-2H3. The van der Waals surface area contributed by atoms with Gasteiger partial charge >= 0.3 is 0 Å². The van der Waals surface area contributed by atoms with Gasteiger partial charge in [-0.1, -0.05) is 19.3 Å². The van der Waals surface area contributed by atoms with Gasteiger partial charge in [-0.2, -0.15) is 0 Å². The minimum atomic E-state index is -0.0199. The minimum Gasteiger partial charge on any atom is -0.343 e. The maximum atomic E-state index is 11.7. The topological polar surface area (TPSA) is 46.3 Å². The minimum absolute atomic E-state index is 0.0199. The van der Waals surface area contributed by atoms with Crippen molar-refractivity contribution in [3.63, 3.8) is 0 Å². The first-order valence-electron chi connectivity index (χ1n) is 5.62. The number of rotatable bonds is 3. The summed E-state index contributed by atoms with van der Waals surface area (Å²) in [6.45, 7) is 1.88. The lowest BCUT2D eigenvalue weighted by Crippen LogP contribution is -2.40. The van der Waals surface area contributed by atoms with Crippen LogP contribution in [0.2, 0.25) is 0 Å². The molecule has 0 aromatic heterocycles. The van der Waals surface area contributed by atoms with Gasteiger partial charge in [-0.3, -0.25) is 4.79 Å². The van der Waals surface area contributed by atoms with Crippen molar-refractivity contribution in [2.75, 3.05) is 7.05 Å². The molecule has 1 rings (SSSR count). The lowest BCUT2D eigenvalue weighted by atomic mass is 9.94. The van der Waals surface area contributed by atoms with Gasteiger partial charge < -0.3 is 10.6 Å². The van der Waals surface area contributed by atoms with Crippen LogP contribution >= 0.6 is 0 Å². The van der Waals surface area contributed by atoms with E-state index in [1.165, 1.54) is 32.1 Å². The van der Waals surface area contributed by atoms with E-state index in [0.29, 0.717) is 12.5 Å². The van der Waals surface area contributed by atoms with Crippen LogP contribution in [0.15, 0.2) is 0 Å². The molecule has 1 fully saturated rings. The predicted octanol–water partition coefficient (Wildman–Crippen LogP) is 1.51. The Morgan fingerprint density at radius 3 is 2.50 bits per heavy atom. The van der Waals surface area contributed by atoms with Gasteiger partial charge in [0.15, 0.2) is 0 Å². The number of nitrogens with two attached hydrogens (primary N) is 1. The highest BCUT2D eigenvalue weighted by molar-refractivity contribution is 5.76. The van der Waals surface area contributed by atoms with Crippen LogP contribution in [0.4, 0.5) is 0 Å². The molecule has 0 heterocycles. The lowest BCUT2D eigenvalue weighted by molar-refractivity contribution is -0.132. The molecule has 3 nitrogen and oxygen atoms in total. The fraction of sp³-hybridized carbons (Fsp3) is 0.909. The summed E-state index contributed by atoms with van der Waals surface area (Å²) in [5, 5.41) is 0. The highest BCUT2D eigenvalue weighted by atomic mass is 16.2. The Hall–Kier alpha value is -0.570. The molecule has 1 saturated carbocycles. The molecule has 0 aromatic carbocycles. The van der Waals surface area contributed by atoms with Crippen LogP contribution in [-0.2, 0) is 4.79 Å². The molecule has 1 amide bonds. The van der Waals surface area contributed by atoms with Crippen LogP contribution in [0.5, 0.6) is 0 Å². The van der Waals surface area contributed by atoms with Gasteiger partial charge in [-0.05, 0) is 19.8 Å². The lowest BCUT2D eigenvalue weighted by Gasteiger charge is -2.31. The Morgan fingerprint density at radius 1 is 1.43 bits per heavy atom. The van der Waals surface area contributed by atoms with E-state index in [2.05, 4.69) is 0 Å². The van der Waals surface area contributed by atoms with Gasteiger partial charge in [0.25, 0.3) is 0 Å². The highest BCUT2D eigenvalue weighted by Crippen LogP contribution is 2.22. The Morgan fingerprint density at radius 2 is 2.00 bits per heavy atom. The van der Waals surface area contributed by atoms with Crippen LogP contribution in [0.25, 0.3) is 0 Å². The van der Waals surface area contributed by atoms with Gasteiger partial charge in [0.2, 0.25) is 5.91 Å². The van der Waals surface area contributed by atoms with E-state index in [0.717, 1.165) is 0 Å². The second-order valence-corrected chi connectivity index (χ2v) is 4.48. The first-order valence-corrected chi connectivity index (χ1v) is 5.62. The Kier molecular flexibility index (Phi) is 4.39. The van der Waals surface area contributed by atoms with Gasteiger partial charge in [0, 0.05) is 25.6 Å². The SMILES string of the molecule is CC(N)CC(=O)N(C)C1CCCCC1. The fourth-order valence-corrected chi connectivity index (χ4v) is 2.09. The van der Waals surface area contributed by atoms with Crippen molar-refractivity contribution >= 4 is 5.91 Å². The Labute approximate surface area is 86.6 Å². The maximum Gasteiger partial charge on any atom is 0.224 e. The molecule has 0 saturated heterocycles. The molecule has 14 heavy (non-hydrogen) atoms. The van der Waals surface area contributed by atoms with Gasteiger partial charge in [0.1, 0.15) is 0 Å². The molecule has 82 valence electrons. The summed E-state index contributed by atoms with van der Waals surface area (Å²) < 4.78 is 0. The molecule has 0 aliphatic heterocycles. The summed E-state index contributed by atoms with van der Waals surface area (Å²) in [4.78, 5) is 13.6. The zero-order valence-electron chi connectivity index (χ0n) is 9.33. The van der Waals surface area contributed by atoms with E-state index in [4.69, 9.17) is 5.73 Å². The summed E-state index contributed by atoms with van der Waals surface area (Å²) in [7, 11) is 1.92. The number of carbonyl (C=O) groups excluding carboxylic acids is 1. The smallest absolute Gasteiger partial charge is 0.224 e. The fourth-order valence-electron chi connectivity index (χ4n) is 2.09. The van der Waals surface area contributed by atoms with E-state index in [9.17, 15) is 4.79 Å². The van der Waals surface area contributed by atoms with Crippen molar-refractivity contribution in [1.82, 2.24) is 4.90 Å². The number of nitrogens with zero attached hydrogens (tertiary/aromatic N) is 1. The maximum absolute atomic E-state index is 11.7. The molecular formula is C11H22N2O. The normalized spacial score (nSPS) is 20.5. The molecule has 0 bridgehead atoms. The molecule has 0 radical (unpaired) electrons. The summed E-state index contributed by atoms with van der Waals surface area (Å²) in [5.74, 6) is 0.201. The third-order valence-electron chi connectivity index (χ3n) is 3.01. The van der Waals surface area contributed by atoms with E-state index in [-0.39, 0.29) is 11.9 Å². The number of amides is 1. The quantitative estimate of drug-likeness (QED) is 0.747. The highest BCUT2D eigenvalue weighted by Gasteiger charge is 2.22. The zero-order chi connectivity index (χ0) is 10.6. The van der Waals surface area contributed by atoms with Crippen LogP contribution in [-0.4, -0.2) is 29.9 Å².